The molecule has 1 aromatic rings. The summed E-state index contributed by atoms with van der Waals surface area (Å²) < 4.78 is 2.21. The highest BCUT2D eigenvalue weighted by atomic mass is 79.9. The van der Waals surface area contributed by atoms with Crippen LogP contribution in [-0.4, -0.2) is 5.11 Å². The van der Waals surface area contributed by atoms with Crippen LogP contribution in [0.1, 0.15) is 42.6 Å². The molecule has 16 heavy (non-hydrogen) atoms. The Bertz CT molecular complexity index is 415. The number of fused-ring (bicyclic) bond motifs is 1. The quantitative estimate of drug-likeness (QED) is 0.684. The zero-order chi connectivity index (χ0) is 11.9. The second-order valence-electron chi connectivity index (χ2n) is 4.78. The molecule has 1 N–H and O–H groups in total. The highest BCUT2D eigenvalue weighted by molar-refractivity contribution is 9.11. The molecule has 3 heteroatoms. The zero-order valence-electron chi connectivity index (χ0n) is 9.56. The van der Waals surface area contributed by atoms with Gasteiger partial charge in [0.05, 0.1) is 6.10 Å². The van der Waals surface area contributed by atoms with Crippen molar-refractivity contribution in [1.82, 2.24) is 0 Å². The minimum absolute atomic E-state index is 0.335. The average molecular weight is 348 g/mol. The fraction of sp³-hybridized carbons (Fsp3) is 0.538. The summed E-state index contributed by atoms with van der Waals surface area (Å²) in [5, 5.41) is 10.3. The molecular formula is C13H16Br2O. The van der Waals surface area contributed by atoms with E-state index in [1.54, 1.807) is 0 Å². The van der Waals surface area contributed by atoms with Gasteiger partial charge < -0.3 is 5.11 Å². The van der Waals surface area contributed by atoms with Crippen molar-refractivity contribution in [3.8, 4) is 0 Å². The second-order valence-corrected chi connectivity index (χ2v) is 6.42. The first-order valence-corrected chi connectivity index (χ1v) is 7.24. The highest BCUT2D eigenvalue weighted by Crippen LogP contribution is 2.40. The van der Waals surface area contributed by atoms with Gasteiger partial charge in [0.25, 0.3) is 0 Å². The Kier molecular flexibility index (Phi) is 3.77. The van der Waals surface area contributed by atoms with Crippen LogP contribution in [0.2, 0.25) is 0 Å². The zero-order valence-corrected chi connectivity index (χ0v) is 12.7. The molecule has 0 radical (unpaired) electrons. The molecule has 0 saturated heterocycles. The van der Waals surface area contributed by atoms with Crippen molar-refractivity contribution in [2.45, 2.75) is 39.2 Å². The first-order chi connectivity index (χ1) is 7.50. The number of benzene rings is 1. The molecule has 0 bridgehead atoms. The van der Waals surface area contributed by atoms with Crippen molar-refractivity contribution in [3.05, 3.63) is 31.7 Å². The van der Waals surface area contributed by atoms with E-state index in [0.717, 1.165) is 33.8 Å². The third kappa shape index (κ3) is 2.22. The summed E-state index contributed by atoms with van der Waals surface area (Å²) in [6.45, 7) is 4.28. The molecule has 2 rings (SSSR count). The van der Waals surface area contributed by atoms with E-state index in [4.69, 9.17) is 0 Å². The SMILES string of the molecule is Cc1cc(Br)c2c(c1Br)C(O)CC(C)CC2. The van der Waals surface area contributed by atoms with Gasteiger partial charge in [-0.1, -0.05) is 38.8 Å². The molecule has 1 aliphatic carbocycles. The summed E-state index contributed by atoms with van der Waals surface area (Å²) in [5.74, 6) is 0.585. The molecular weight excluding hydrogens is 332 g/mol. The second kappa shape index (κ2) is 4.79. The Morgan fingerprint density at radius 2 is 2.06 bits per heavy atom. The minimum Gasteiger partial charge on any atom is -0.388 e. The third-order valence-electron chi connectivity index (χ3n) is 3.39. The Morgan fingerprint density at radius 3 is 2.75 bits per heavy atom. The lowest BCUT2D eigenvalue weighted by atomic mass is 9.98. The van der Waals surface area contributed by atoms with Crippen LogP contribution in [0.5, 0.6) is 0 Å². The predicted molar refractivity (Wildman–Crippen MR) is 73.6 cm³/mol. The molecule has 2 unspecified atom stereocenters. The fourth-order valence-corrected chi connectivity index (χ4v) is 3.80. The van der Waals surface area contributed by atoms with Crippen LogP contribution in [0.4, 0.5) is 0 Å². The summed E-state index contributed by atoms with van der Waals surface area (Å²) in [5.41, 5.74) is 3.55. The number of aryl methyl sites for hydroxylation is 1. The summed E-state index contributed by atoms with van der Waals surface area (Å²) in [6, 6.07) is 2.13. The van der Waals surface area contributed by atoms with Gasteiger partial charge >= 0.3 is 0 Å². The predicted octanol–water partition coefficient (Wildman–Crippen LogP) is 4.53. The van der Waals surface area contributed by atoms with Gasteiger partial charge in [0, 0.05) is 8.95 Å². The van der Waals surface area contributed by atoms with Gasteiger partial charge in [-0.05, 0) is 54.9 Å². The molecule has 0 saturated carbocycles. The maximum absolute atomic E-state index is 10.3. The largest absolute Gasteiger partial charge is 0.388 e. The minimum atomic E-state index is -0.335. The number of aliphatic hydroxyl groups excluding tert-OH is 1. The molecule has 0 amide bonds. The Labute approximate surface area is 114 Å². The van der Waals surface area contributed by atoms with E-state index in [-0.39, 0.29) is 6.10 Å². The van der Waals surface area contributed by atoms with E-state index in [1.165, 1.54) is 11.1 Å². The maximum atomic E-state index is 10.3. The molecule has 0 spiro atoms. The van der Waals surface area contributed by atoms with E-state index >= 15 is 0 Å². The molecule has 88 valence electrons. The molecule has 0 aromatic heterocycles. The van der Waals surface area contributed by atoms with Gasteiger partial charge in [-0.15, -0.1) is 0 Å². The van der Waals surface area contributed by atoms with Crippen molar-refractivity contribution in [3.63, 3.8) is 0 Å². The Morgan fingerprint density at radius 1 is 1.38 bits per heavy atom. The topological polar surface area (TPSA) is 20.2 Å². The van der Waals surface area contributed by atoms with Gasteiger partial charge in [0.2, 0.25) is 0 Å². The first-order valence-electron chi connectivity index (χ1n) is 5.66. The summed E-state index contributed by atoms with van der Waals surface area (Å²) in [6.07, 6.45) is 2.73. The van der Waals surface area contributed by atoms with Gasteiger partial charge in [0.15, 0.2) is 0 Å². The number of hydrogen-bond donors (Lipinski definition) is 1. The van der Waals surface area contributed by atoms with E-state index in [2.05, 4.69) is 51.8 Å². The molecule has 1 nitrogen and oxygen atoms in total. The van der Waals surface area contributed by atoms with Crippen LogP contribution in [0, 0.1) is 12.8 Å². The van der Waals surface area contributed by atoms with E-state index < -0.39 is 0 Å². The molecule has 0 fully saturated rings. The molecule has 1 aliphatic rings. The molecule has 1 aromatic carbocycles. The van der Waals surface area contributed by atoms with E-state index in [1.807, 2.05) is 0 Å². The lowest BCUT2D eigenvalue weighted by Crippen LogP contribution is -2.04. The standard InChI is InChI=1S/C13H16Br2O/c1-7-3-4-9-10(14)6-8(2)13(15)12(9)11(16)5-7/h6-7,11,16H,3-5H2,1-2H3. The fourth-order valence-electron chi connectivity index (χ4n) is 2.42. The number of rotatable bonds is 0. The van der Waals surface area contributed by atoms with Crippen LogP contribution < -0.4 is 0 Å². The van der Waals surface area contributed by atoms with Crippen molar-refractivity contribution >= 4 is 31.9 Å². The van der Waals surface area contributed by atoms with Crippen molar-refractivity contribution in [2.24, 2.45) is 5.92 Å². The van der Waals surface area contributed by atoms with Crippen LogP contribution >= 0.6 is 31.9 Å². The Balaban J connectivity index is 2.59. The number of aliphatic hydroxyl groups is 1. The van der Waals surface area contributed by atoms with E-state index in [0.29, 0.717) is 5.92 Å². The highest BCUT2D eigenvalue weighted by Gasteiger charge is 2.25. The summed E-state index contributed by atoms with van der Waals surface area (Å²) in [4.78, 5) is 0. The Hall–Kier alpha value is 0.140. The van der Waals surface area contributed by atoms with E-state index in [9.17, 15) is 5.11 Å². The monoisotopic (exact) mass is 346 g/mol. The average Bonchev–Trinajstić information content (AvgIpc) is 2.34. The smallest absolute Gasteiger partial charge is 0.0806 e. The normalized spacial score (nSPS) is 25.1. The lowest BCUT2D eigenvalue weighted by molar-refractivity contribution is 0.149. The molecule has 2 atom stereocenters. The summed E-state index contributed by atoms with van der Waals surface area (Å²) in [7, 11) is 0. The maximum Gasteiger partial charge on any atom is 0.0806 e. The first kappa shape index (κ1) is 12.6. The van der Waals surface area contributed by atoms with Crippen molar-refractivity contribution in [1.29, 1.82) is 0 Å². The van der Waals surface area contributed by atoms with Crippen LogP contribution in [0.3, 0.4) is 0 Å². The van der Waals surface area contributed by atoms with Crippen molar-refractivity contribution in [2.75, 3.05) is 0 Å². The number of halogens is 2. The van der Waals surface area contributed by atoms with Crippen molar-refractivity contribution < 1.29 is 5.11 Å². The van der Waals surface area contributed by atoms with Crippen LogP contribution in [0.25, 0.3) is 0 Å². The van der Waals surface area contributed by atoms with Gasteiger partial charge in [-0.25, -0.2) is 0 Å². The van der Waals surface area contributed by atoms with Gasteiger partial charge in [-0.2, -0.15) is 0 Å². The van der Waals surface area contributed by atoms with Gasteiger partial charge in [0.1, 0.15) is 0 Å². The lowest BCUT2D eigenvalue weighted by Gasteiger charge is -2.17. The molecule has 0 heterocycles. The molecule has 0 aliphatic heterocycles. The van der Waals surface area contributed by atoms with Crippen LogP contribution in [-0.2, 0) is 6.42 Å². The van der Waals surface area contributed by atoms with Gasteiger partial charge in [-0.3, -0.25) is 0 Å². The summed E-state index contributed by atoms with van der Waals surface area (Å²) >= 11 is 7.23. The third-order valence-corrected chi connectivity index (χ3v) is 5.15. The number of hydrogen-bond acceptors (Lipinski definition) is 1. The van der Waals surface area contributed by atoms with Crippen LogP contribution in [0.15, 0.2) is 15.0 Å².